The Labute approximate surface area is 218 Å². The third-order valence-electron chi connectivity index (χ3n) is 6.60. The lowest BCUT2D eigenvalue weighted by Crippen LogP contribution is -2.39. The SMILES string of the molecule is COc1cc(N)c(Cl)cc1C(=O)NCC1CCN(CCCCCCC(=O)c2cccc(Cl)c2)CC1. The molecule has 1 saturated heterocycles. The van der Waals surface area contributed by atoms with E-state index >= 15 is 0 Å². The number of anilines is 1. The average molecular weight is 521 g/mol. The van der Waals surface area contributed by atoms with Crippen LogP contribution in [-0.2, 0) is 0 Å². The molecule has 3 rings (SSSR count). The molecule has 2 aromatic rings. The summed E-state index contributed by atoms with van der Waals surface area (Å²) in [5.41, 5.74) is 7.29. The first kappa shape index (κ1) is 27.3. The van der Waals surface area contributed by atoms with Crippen LogP contribution in [0, 0.1) is 5.92 Å². The van der Waals surface area contributed by atoms with Gasteiger partial charge in [0.05, 0.1) is 23.4 Å². The van der Waals surface area contributed by atoms with E-state index in [-0.39, 0.29) is 11.7 Å². The number of piperidine rings is 1. The van der Waals surface area contributed by atoms with E-state index in [0.717, 1.165) is 58.2 Å². The first-order valence-corrected chi connectivity index (χ1v) is 13.0. The summed E-state index contributed by atoms with van der Waals surface area (Å²) in [5.74, 6) is 0.857. The number of carbonyl (C=O) groups is 2. The van der Waals surface area contributed by atoms with Crippen LogP contribution in [-0.4, -0.2) is 49.9 Å². The van der Waals surface area contributed by atoms with Gasteiger partial charge in [0.1, 0.15) is 5.75 Å². The minimum Gasteiger partial charge on any atom is -0.496 e. The Bertz CT molecular complexity index is 1010. The number of Topliss-reactive ketones (excluding diaryl/α,β-unsaturated/α-hetero) is 1. The fourth-order valence-corrected chi connectivity index (χ4v) is 4.80. The average Bonchev–Trinajstić information content (AvgIpc) is 2.86. The molecule has 0 spiro atoms. The number of likely N-dealkylation sites (tertiary alicyclic amines) is 1. The second kappa shape index (κ2) is 13.7. The van der Waals surface area contributed by atoms with Crippen LogP contribution in [0.3, 0.4) is 0 Å². The summed E-state index contributed by atoms with van der Waals surface area (Å²) in [5, 5.41) is 3.97. The summed E-state index contributed by atoms with van der Waals surface area (Å²) >= 11 is 12.0. The molecular weight excluding hydrogens is 485 g/mol. The monoisotopic (exact) mass is 519 g/mol. The molecule has 0 bridgehead atoms. The van der Waals surface area contributed by atoms with E-state index in [2.05, 4.69) is 10.2 Å². The zero-order valence-corrected chi connectivity index (χ0v) is 21.8. The number of nitrogens with two attached hydrogens (primary N) is 1. The smallest absolute Gasteiger partial charge is 0.255 e. The second-order valence-electron chi connectivity index (χ2n) is 9.17. The molecule has 1 aliphatic rings. The van der Waals surface area contributed by atoms with Crippen LogP contribution < -0.4 is 15.8 Å². The standard InChI is InChI=1S/C27H35Cl2N3O3/c1-35-26-17-24(30)23(29)16-22(26)27(34)31-18-19-10-13-32(14-11-19)12-5-3-2-4-9-25(33)20-7-6-8-21(28)15-20/h6-8,15-17,19H,2-5,9-14,18,30H2,1H3,(H,31,34). The first-order valence-electron chi connectivity index (χ1n) is 12.3. The Hall–Kier alpha value is -2.28. The van der Waals surface area contributed by atoms with Crippen LogP contribution in [0.25, 0.3) is 0 Å². The van der Waals surface area contributed by atoms with E-state index in [1.54, 1.807) is 24.3 Å². The van der Waals surface area contributed by atoms with Gasteiger partial charge in [-0.05, 0) is 69.4 Å². The molecule has 0 unspecified atom stereocenters. The Balaban J connectivity index is 1.28. The summed E-state index contributed by atoms with van der Waals surface area (Å²) in [4.78, 5) is 27.4. The number of halogens is 2. The van der Waals surface area contributed by atoms with Gasteiger partial charge in [-0.3, -0.25) is 9.59 Å². The number of amides is 1. The molecule has 0 atom stereocenters. The van der Waals surface area contributed by atoms with Gasteiger partial charge in [-0.15, -0.1) is 0 Å². The minimum atomic E-state index is -0.194. The number of nitrogen functional groups attached to an aromatic ring is 1. The van der Waals surface area contributed by atoms with E-state index in [1.807, 2.05) is 12.1 Å². The fourth-order valence-electron chi connectivity index (χ4n) is 4.44. The molecule has 35 heavy (non-hydrogen) atoms. The van der Waals surface area contributed by atoms with E-state index in [1.165, 1.54) is 7.11 Å². The number of methoxy groups -OCH3 is 1. The van der Waals surface area contributed by atoms with Crippen molar-refractivity contribution < 1.29 is 14.3 Å². The van der Waals surface area contributed by atoms with E-state index in [4.69, 9.17) is 33.7 Å². The van der Waals surface area contributed by atoms with Crippen molar-refractivity contribution in [1.82, 2.24) is 10.2 Å². The van der Waals surface area contributed by atoms with E-state index in [9.17, 15) is 9.59 Å². The molecule has 1 aliphatic heterocycles. The van der Waals surface area contributed by atoms with Crippen molar-refractivity contribution >= 4 is 40.6 Å². The molecule has 0 radical (unpaired) electrons. The van der Waals surface area contributed by atoms with Crippen molar-refractivity contribution in [1.29, 1.82) is 0 Å². The number of ketones is 1. The van der Waals surface area contributed by atoms with Crippen molar-refractivity contribution in [3.63, 3.8) is 0 Å². The highest BCUT2D eigenvalue weighted by molar-refractivity contribution is 6.33. The van der Waals surface area contributed by atoms with Crippen molar-refractivity contribution in [2.45, 2.75) is 44.9 Å². The molecule has 0 aromatic heterocycles. The fraction of sp³-hybridized carbons (Fsp3) is 0.481. The maximum Gasteiger partial charge on any atom is 0.255 e. The van der Waals surface area contributed by atoms with Crippen molar-refractivity contribution in [3.05, 3.63) is 57.6 Å². The molecule has 3 N–H and O–H groups in total. The van der Waals surface area contributed by atoms with Crippen LogP contribution in [0.4, 0.5) is 5.69 Å². The van der Waals surface area contributed by atoms with Gasteiger partial charge in [0.15, 0.2) is 5.78 Å². The number of unbranched alkanes of at least 4 members (excludes halogenated alkanes) is 3. The molecule has 2 aromatic carbocycles. The summed E-state index contributed by atoms with van der Waals surface area (Å²) in [6, 6.07) is 10.3. The number of rotatable bonds is 12. The normalized spacial score (nSPS) is 14.6. The van der Waals surface area contributed by atoms with E-state index < -0.39 is 0 Å². The largest absolute Gasteiger partial charge is 0.496 e. The van der Waals surface area contributed by atoms with Crippen LogP contribution >= 0.6 is 23.2 Å². The number of hydrogen-bond acceptors (Lipinski definition) is 5. The summed E-state index contributed by atoms with van der Waals surface area (Å²) in [6.45, 7) is 3.82. The van der Waals surface area contributed by atoms with Gasteiger partial charge in [0.25, 0.3) is 5.91 Å². The van der Waals surface area contributed by atoms with Crippen molar-refractivity contribution in [2.75, 3.05) is 39.0 Å². The lowest BCUT2D eigenvalue weighted by Gasteiger charge is -2.32. The van der Waals surface area contributed by atoms with Gasteiger partial charge in [0.2, 0.25) is 0 Å². The zero-order valence-electron chi connectivity index (χ0n) is 20.3. The van der Waals surface area contributed by atoms with Crippen LogP contribution in [0.15, 0.2) is 36.4 Å². The first-order chi connectivity index (χ1) is 16.9. The van der Waals surface area contributed by atoms with Crippen LogP contribution in [0.2, 0.25) is 10.0 Å². The van der Waals surface area contributed by atoms with Gasteiger partial charge in [0, 0.05) is 29.6 Å². The molecule has 6 nitrogen and oxygen atoms in total. The van der Waals surface area contributed by atoms with Crippen LogP contribution in [0.1, 0.15) is 65.7 Å². The molecule has 1 amide bonds. The number of nitrogens with zero attached hydrogens (tertiary/aromatic N) is 1. The van der Waals surface area contributed by atoms with Crippen LogP contribution in [0.5, 0.6) is 5.75 Å². The lowest BCUT2D eigenvalue weighted by molar-refractivity contribution is 0.0931. The summed E-state index contributed by atoms with van der Waals surface area (Å²) in [7, 11) is 1.51. The maximum atomic E-state index is 12.6. The molecule has 190 valence electrons. The predicted octanol–water partition coefficient (Wildman–Crippen LogP) is 5.86. The Morgan fingerprint density at radius 1 is 1.09 bits per heavy atom. The number of carbonyl (C=O) groups excluding carboxylic acids is 2. The molecule has 0 saturated carbocycles. The van der Waals surface area contributed by atoms with Gasteiger partial charge < -0.3 is 20.7 Å². The quantitative estimate of drug-likeness (QED) is 0.208. The molecule has 1 fully saturated rings. The van der Waals surface area contributed by atoms with Crippen molar-refractivity contribution in [3.8, 4) is 5.75 Å². The third-order valence-corrected chi connectivity index (χ3v) is 7.16. The summed E-state index contributed by atoms with van der Waals surface area (Å²) < 4.78 is 5.28. The Kier molecular flexibility index (Phi) is 10.7. The minimum absolute atomic E-state index is 0.166. The van der Waals surface area contributed by atoms with Gasteiger partial charge in [-0.25, -0.2) is 0 Å². The van der Waals surface area contributed by atoms with Gasteiger partial charge >= 0.3 is 0 Å². The summed E-state index contributed by atoms with van der Waals surface area (Å²) in [6.07, 6.45) is 6.95. The number of ether oxygens (including phenoxy) is 1. The van der Waals surface area contributed by atoms with Crippen molar-refractivity contribution in [2.24, 2.45) is 5.92 Å². The van der Waals surface area contributed by atoms with E-state index in [0.29, 0.717) is 51.5 Å². The van der Waals surface area contributed by atoms with Gasteiger partial charge in [-0.2, -0.15) is 0 Å². The number of hydrogen-bond donors (Lipinski definition) is 2. The highest BCUT2D eigenvalue weighted by Crippen LogP contribution is 2.29. The molecular formula is C27H35Cl2N3O3. The lowest BCUT2D eigenvalue weighted by atomic mass is 9.96. The Morgan fingerprint density at radius 2 is 1.83 bits per heavy atom. The molecule has 0 aliphatic carbocycles. The topological polar surface area (TPSA) is 84.7 Å². The van der Waals surface area contributed by atoms with Gasteiger partial charge in [-0.1, -0.05) is 48.2 Å². The second-order valence-corrected chi connectivity index (χ2v) is 10.0. The maximum absolute atomic E-state index is 12.6. The predicted molar refractivity (Wildman–Crippen MR) is 143 cm³/mol. The highest BCUT2D eigenvalue weighted by atomic mass is 35.5. The zero-order chi connectivity index (χ0) is 25.2. The third kappa shape index (κ3) is 8.41. The molecule has 1 heterocycles. The number of benzene rings is 2. The Morgan fingerprint density at radius 3 is 2.54 bits per heavy atom. The number of nitrogens with one attached hydrogen (secondary N) is 1. The molecule has 8 heteroatoms. The highest BCUT2D eigenvalue weighted by Gasteiger charge is 2.21.